The molecule has 1 aromatic carbocycles. The molecule has 0 aromatic heterocycles. The Morgan fingerprint density at radius 1 is 1.56 bits per heavy atom. The van der Waals surface area contributed by atoms with E-state index in [2.05, 4.69) is 10.1 Å². The molecule has 0 heterocycles. The Bertz CT molecular complexity index is 416. The Hall–Kier alpha value is -2.16. The molecular formula is C10H8F2N2O2. The molecule has 1 amide bonds. The Morgan fingerprint density at radius 2 is 2.31 bits per heavy atom. The molecule has 0 unspecified atom stereocenters. The molecule has 1 N–H and O–H groups in total. The number of nitrogens with zero attached hydrogens (tertiary/aromatic N) is 1. The summed E-state index contributed by atoms with van der Waals surface area (Å²) in [6, 6.07) is 7.08. The second-order valence-corrected chi connectivity index (χ2v) is 2.75. The Kier molecular flexibility index (Phi) is 4.21. The van der Waals surface area contributed by atoms with E-state index in [1.165, 1.54) is 24.3 Å². The van der Waals surface area contributed by atoms with Gasteiger partial charge in [0.05, 0.1) is 6.07 Å². The highest BCUT2D eigenvalue weighted by molar-refractivity contribution is 5.94. The maximum Gasteiger partial charge on any atom is 0.387 e. The molecule has 0 bridgehead atoms. The van der Waals surface area contributed by atoms with Crippen LogP contribution in [0.1, 0.15) is 10.4 Å². The van der Waals surface area contributed by atoms with E-state index in [1.807, 2.05) is 0 Å². The number of hydrogen-bond donors (Lipinski definition) is 1. The van der Waals surface area contributed by atoms with Crippen LogP contribution in [0.15, 0.2) is 24.3 Å². The average molecular weight is 226 g/mol. The van der Waals surface area contributed by atoms with Gasteiger partial charge in [-0.1, -0.05) is 6.07 Å². The molecule has 1 rings (SSSR count). The molecule has 84 valence electrons. The number of benzene rings is 1. The van der Waals surface area contributed by atoms with Crippen LogP contribution < -0.4 is 10.1 Å². The highest BCUT2D eigenvalue weighted by Crippen LogP contribution is 2.15. The van der Waals surface area contributed by atoms with Crippen molar-refractivity contribution in [2.75, 3.05) is 6.54 Å². The summed E-state index contributed by atoms with van der Waals surface area (Å²) in [6.07, 6.45) is 0. The van der Waals surface area contributed by atoms with E-state index < -0.39 is 12.5 Å². The maximum atomic E-state index is 11.9. The third-order valence-corrected chi connectivity index (χ3v) is 1.65. The highest BCUT2D eigenvalue weighted by Gasteiger charge is 2.08. The summed E-state index contributed by atoms with van der Waals surface area (Å²) in [4.78, 5) is 11.3. The number of hydrogen-bond acceptors (Lipinski definition) is 3. The van der Waals surface area contributed by atoms with Gasteiger partial charge in [0, 0.05) is 5.56 Å². The summed E-state index contributed by atoms with van der Waals surface area (Å²) in [5, 5.41) is 10.5. The van der Waals surface area contributed by atoms with Crippen molar-refractivity contribution in [3.8, 4) is 11.8 Å². The van der Waals surface area contributed by atoms with E-state index in [1.54, 1.807) is 6.07 Å². The first-order valence-electron chi connectivity index (χ1n) is 4.33. The van der Waals surface area contributed by atoms with E-state index in [0.717, 1.165) is 0 Å². The van der Waals surface area contributed by atoms with Crippen LogP contribution in [0.4, 0.5) is 8.78 Å². The summed E-state index contributed by atoms with van der Waals surface area (Å²) in [5.41, 5.74) is 0.161. The first kappa shape index (κ1) is 11.9. The lowest BCUT2D eigenvalue weighted by molar-refractivity contribution is -0.0498. The molecule has 0 atom stereocenters. The molecule has 0 radical (unpaired) electrons. The van der Waals surface area contributed by atoms with Gasteiger partial charge >= 0.3 is 6.61 Å². The minimum Gasteiger partial charge on any atom is -0.435 e. The molecule has 0 spiro atoms. The minimum atomic E-state index is -2.93. The zero-order chi connectivity index (χ0) is 12.0. The molecule has 0 aliphatic heterocycles. The Morgan fingerprint density at radius 3 is 2.94 bits per heavy atom. The van der Waals surface area contributed by atoms with E-state index in [-0.39, 0.29) is 17.9 Å². The number of ether oxygens (including phenoxy) is 1. The fraction of sp³-hybridized carbons (Fsp3) is 0.200. The number of alkyl halides is 2. The fourth-order valence-corrected chi connectivity index (χ4v) is 1.04. The zero-order valence-electron chi connectivity index (χ0n) is 8.11. The Labute approximate surface area is 90.4 Å². The van der Waals surface area contributed by atoms with Gasteiger partial charge in [-0.2, -0.15) is 14.0 Å². The Balaban J connectivity index is 2.74. The summed E-state index contributed by atoms with van der Waals surface area (Å²) in [6.45, 7) is -3.07. The first-order chi connectivity index (χ1) is 7.63. The molecule has 0 saturated heterocycles. The van der Waals surface area contributed by atoms with Gasteiger partial charge in [0.15, 0.2) is 0 Å². The number of carbonyl (C=O) groups excluding carboxylic acids is 1. The molecule has 0 saturated carbocycles. The fourth-order valence-electron chi connectivity index (χ4n) is 1.04. The number of rotatable bonds is 4. The van der Waals surface area contributed by atoms with Gasteiger partial charge in [-0.3, -0.25) is 4.79 Å². The van der Waals surface area contributed by atoms with Gasteiger partial charge < -0.3 is 10.1 Å². The molecule has 6 heteroatoms. The first-order valence-corrected chi connectivity index (χ1v) is 4.33. The molecular weight excluding hydrogens is 218 g/mol. The van der Waals surface area contributed by atoms with Gasteiger partial charge in [0.1, 0.15) is 12.3 Å². The molecule has 0 fully saturated rings. The van der Waals surface area contributed by atoms with E-state index in [4.69, 9.17) is 5.26 Å². The third-order valence-electron chi connectivity index (χ3n) is 1.65. The van der Waals surface area contributed by atoms with E-state index in [0.29, 0.717) is 0 Å². The van der Waals surface area contributed by atoms with Crippen molar-refractivity contribution in [2.24, 2.45) is 0 Å². The van der Waals surface area contributed by atoms with E-state index in [9.17, 15) is 13.6 Å². The number of carbonyl (C=O) groups is 1. The quantitative estimate of drug-likeness (QED) is 0.792. The number of halogens is 2. The van der Waals surface area contributed by atoms with Gasteiger partial charge in [0.25, 0.3) is 5.91 Å². The second-order valence-electron chi connectivity index (χ2n) is 2.75. The summed E-state index contributed by atoms with van der Waals surface area (Å²) >= 11 is 0. The third kappa shape index (κ3) is 3.53. The standard InChI is InChI=1S/C10H8F2N2O2/c11-10(12)16-8-3-1-2-7(6-8)9(15)14-5-4-13/h1-3,6,10H,5H2,(H,14,15). The van der Waals surface area contributed by atoms with Crippen molar-refractivity contribution in [1.82, 2.24) is 5.32 Å². The second kappa shape index (κ2) is 5.66. The van der Waals surface area contributed by atoms with Gasteiger partial charge in [0.2, 0.25) is 0 Å². The minimum absolute atomic E-state index is 0.0976. The lowest BCUT2D eigenvalue weighted by atomic mass is 10.2. The zero-order valence-corrected chi connectivity index (χ0v) is 8.11. The van der Waals surface area contributed by atoms with Crippen LogP contribution in [0.5, 0.6) is 5.75 Å². The molecule has 0 aliphatic rings. The average Bonchev–Trinajstić information content (AvgIpc) is 2.25. The van der Waals surface area contributed by atoms with Crippen LogP contribution in [0.3, 0.4) is 0 Å². The van der Waals surface area contributed by atoms with Crippen molar-refractivity contribution >= 4 is 5.91 Å². The number of nitrogens with one attached hydrogen (secondary N) is 1. The summed E-state index contributed by atoms with van der Waals surface area (Å²) in [5.74, 6) is -0.610. The van der Waals surface area contributed by atoms with Crippen LogP contribution in [0.2, 0.25) is 0 Å². The van der Waals surface area contributed by atoms with Crippen LogP contribution in [-0.2, 0) is 0 Å². The summed E-state index contributed by atoms with van der Waals surface area (Å²) in [7, 11) is 0. The van der Waals surface area contributed by atoms with Gasteiger partial charge in [-0.25, -0.2) is 0 Å². The van der Waals surface area contributed by atoms with Crippen LogP contribution >= 0.6 is 0 Å². The predicted molar refractivity (Wildman–Crippen MR) is 51.0 cm³/mol. The van der Waals surface area contributed by atoms with Gasteiger partial charge in [-0.05, 0) is 18.2 Å². The van der Waals surface area contributed by atoms with Crippen LogP contribution in [0.25, 0.3) is 0 Å². The SMILES string of the molecule is N#CCNC(=O)c1cccc(OC(F)F)c1. The van der Waals surface area contributed by atoms with Crippen LogP contribution in [-0.4, -0.2) is 19.1 Å². The highest BCUT2D eigenvalue weighted by atomic mass is 19.3. The van der Waals surface area contributed by atoms with Crippen molar-refractivity contribution in [3.05, 3.63) is 29.8 Å². The summed E-state index contributed by atoms with van der Waals surface area (Å²) < 4.78 is 27.9. The monoisotopic (exact) mass is 226 g/mol. The topological polar surface area (TPSA) is 62.1 Å². The molecule has 16 heavy (non-hydrogen) atoms. The normalized spacial score (nSPS) is 9.62. The van der Waals surface area contributed by atoms with Crippen molar-refractivity contribution in [2.45, 2.75) is 6.61 Å². The largest absolute Gasteiger partial charge is 0.435 e. The maximum absolute atomic E-state index is 11.9. The lowest BCUT2D eigenvalue weighted by Crippen LogP contribution is -2.23. The molecule has 0 aliphatic carbocycles. The number of amides is 1. The molecule has 1 aromatic rings. The molecule has 4 nitrogen and oxygen atoms in total. The smallest absolute Gasteiger partial charge is 0.387 e. The van der Waals surface area contributed by atoms with Crippen LogP contribution in [0, 0.1) is 11.3 Å². The van der Waals surface area contributed by atoms with Gasteiger partial charge in [-0.15, -0.1) is 0 Å². The van der Waals surface area contributed by atoms with Crippen molar-refractivity contribution in [1.29, 1.82) is 5.26 Å². The van der Waals surface area contributed by atoms with Crippen molar-refractivity contribution < 1.29 is 18.3 Å². The number of nitriles is 1. The predicted octanol–water partition coefficient (Wildman–Crippen LogP) is 1.54. The van der Waals surface area contributed by atoms with Crippen molar-refractivity contribution in [3.63, 3.8) is 0 Å². The van der Waals surface area contributed by atoms with E-state index >= 15 is 0 Å². The lowest BCUT2D eigenvalue weighted by Gasteiger charge is -2.06.